The highest BCUT2D eigenvalue weighted by molar-refractivity contribution is 7.46. The SMILES string of the molecule is N[C@@H](COP(=O)(O)O)C(O)CO. The summed E-state index contributed by atoms with van der Waals surface area (Å²) in [6.45, 7) is -1.09. The number of aliphatic hydroxyl groups is 2. The largest absolute Gasteiger partial charge is 0.469 e. The van der Waals surface area contributed by atoms with Crippen molar-refractivity contribution >= 4 is 7.82 Å². The first kappa shape index (κ1) is 12.0. The highest BCUT2D eigenvalue weighted by Gasteiger charge is 2.20. The van der Waals surface area contributed by atoms with Crippen LogP contribution in [0.4, 0.5) is 0 Å². The first-order chi connectivity index (χ1) is 5.37. The summed E-state index contributed by atoms with van der Waals surface area (Å²) in [5, 5.41) is 17.2. The summed E-state index contributed by atoms with van der Waals surface area (Å²) in [7, 11) is -4.54. The Morgan fingerprint density at radius 3 is 2.33 bits per heavy atom. The van der Waals surface area contributed by atoms with E-state index in [2.05, 4.69) is 4.52 Å². The van der Waals surface area contributed by atoms with Gasteiger partial charge in [0, 0.05) is 0 Å². The average molecular weight is 201 g/mol. The Morgan fingerprint density at radius 2 is 2.00 bits per heavy atom. The van der Waals surface area contributed by atoms with Gasteiger partial charge in [-0.2, -0.15) is 0 Å². The van der Waals surface area contributed by atoms with Gasteiger partial charge >= 0.3 is 7.82 Å². The predicted molar refractivity (Wildman–Crippen MR) is 39.1 cm³/mol. The van der Waals surface area contributed by atoms with Gasteiger partial charge < -0.3 is 25.7 Å². The molecule has 12 heavy (non-hydrogen) atoms. The zero-order valence-electron chi connectivity index (χ0n) is 6.20. The fourth-order valence-electron chi connectivity index (χ4n) is 0.430. The van der Waals surface area contributed by atoms with Crippen LogP contribution in [-0.4, -0.2) is 45.4 Å². The fourth-order valence-corrected chi connectivity index (χ4v) is 0.796. The van der Waals surface area contributed by atoms with Gasteiger partial charge in [0.1, 0.15) is 0 Å². The standard InChI is InChI=1S/C4H12NO6P/c5-3(4(7)1-6)2-11-12(8,9)10/h3-4,6-7H,1-2,5H2,(H2,8,9,10)/t3-,4?/m0/s1. The molecule has 0 saturated carbocycles. The maximum Gasteiger partial charge on any atom is 0.469 e. The van der Waals surface area contributed by atoms with Gasteiger partial charge in [0.15, 0.2) is 0 Å². The lowest BCUT2D eigenvalue weighted by atomic mass is 10.2. The van der Waals surface area contributed by atoms with Crippen molar-refractivity contribution < 1.29 is 29.1 Å². The molecule has 0 aliphatic carbocycles. The maximum atomic E-state index is 10.1. The third kappa shape index (κ3) is 5.62. The van der Waals surface area contributed by atoms with E-state index >= 15 is 0 Å². The maximum absolute atomic E-state index is 10.1. The molecular formula is C4H12NO6P. The van der Waals surface area contributed by atoms with Crippen LogP contribution in [0.1, 0.15) is 0 Å². The van der Waals surface area contributed by atoms with Crippen LogP contribution in [-0.2, 0) is 9.09 Å². The van der Waals surface area contributed by atoms with Gasteiger partial charge in [-0.25, -0.2) is 4.57 Å². The molecule has 0 bridgehead atoms. The van der Waals surface area contributed by atoms with E-state index in [0.29, 0.717) is 0 Å². The van der Waals surface area contributed by atoms with Crippen molar-refractivity contribution in [3.8, 4) is 0 Å². The van der Waals surface area contributed by atoms with Crippen molar-refractivity contribution in [3.05, 3.63) is 0 Å². The Morgan fingerprint density at radius 1 is 1.50 bits per heavy atom. The van der Waals surface area contributed by atoms with E-state index in [1.54, 1.807) is 0 Å². The molecule has 8 heteroatoms. The van der Waals surface area contributed by atoms with Crippen molar-refractivity contribution in [2.45, 2.75) is 12.1 Å². The zero-order chi connectivity index (χ0) is 9.78. The smallest absolute Gasteiger partial charge is 0.394 e. The molecule has 0 saturated heterocycles. The molecule has 0 radical (unpaired) electrons. The molecule has 7 nitrogen and oxygen atoms in total. The lowest BCUT2D eigenvalue weighted by molar-refractivity contribution is 0.0531. The van der Waals surface area contributed by atoms with Gasteiger partial charge in [0.25, 0.3) is 0 Å². The monoisotopic (exact) mass is 201 g/mol. The Kier molecular flexibility index (Phi) is 4.88. The molecule has 0 spiro atoms. The summed E-state index contributed by atoms with van der Waals surface area (Å²) in [5.41, 5.74) is 5.16. The minimum Gasteiger partial charge on any atom is -0.394 e. The Hall–Kier alpha value is -0.0100. The van der Waals surface area contributed by atoms with Crippen molar-refractivity contribution in [3.63, 3.8) is 0 Å². The van der Waals surface area contributed by atoms with E-state index < -0.39 is 33.2 Å². The fraction of sp³-hybridized carbons (Fsp3) is 1.00. The van der Waals surface area contributed by atoms with Crippen molar-refractivity contribution in [1.29, 1.82) is 0 Å². The van der Waals surface area contributed by atoms with Crippen LogP contribution in [0.5, 0.6) is 0 Å². The van der Waals surface area contributed by atoms with Crippen LogP contribution in [0.25, 0.3) is 0 Å². The van der Waals surface area contributed by atoms with Crippen LogP contribution in [0.15, 0.2) is 0 Å². The van der Waals surface area contributed by atoms with E-state index in [9.17, 15) is 4.57 Å². The highest BCUT2D eigenvalue weighted by Crippen LogP contribution is 2.35. The van der Waals surface area contributed by atoms with Gasteiger partial charge in [-0.3, -0.25) is 4.52 Å². The minimum absolute atomic E-state index is 0.508. The number of aliphatic hydroxyl groups excluding tert-OH is 2. The number of hydrogen-bond acceptors (Lipinski definition) is 5. The second-order valence-electron chi connectivity index (χ2n) is 2.20. The summed E-state index contributed by atoms with van der Waals surface area (Å²) < 4.78 is 14.1. The molecule has 2 atom stereocenters. The minimum atomic E-state index is -4.54. The molecule has 0 aromatic carbocycles. The van der Waals surface area contributed by atoms with Crippen molar-refractivity contribution in [2.24, 2.45) is 5.73 Å². The molecule has 0 aliphatic heterocycles. The van der Waals surface area contributed by atoms with E-state index in [-0.39, 0.29) is 0 Å². The summed E-state index contributed by atoms with van der Waals surface area (Å²) in [4.78, 5) is 16.4. The third-order valence-electron chi connectivity index (χ3n) is 1.12. The Bertz CT molecular complexity index is 169. The van der Waals surface area contributed by atoms with Crippen molar-refractivity contribution in [1.82, 2.24) is 0 Å². The molecule has 0 fully saturated rings. The molecule has 0 aliphatic rings. The average Bonchev–Trinajstić information content (AvgIpc) is 1.97. The number of phosphoric acid groups is 1. The number of nitrogens with two attached hydrogens (primary N) is 1. The number of rotatable bonds is 5. The molecule has 0 aromatic heterocycles. The topological polar surface area (TPSA) is 133 Å². The molecule has 0 amide bonds. The second kappa shape index (κ2) is 4.88. The van der Waals surface area contributed by atoms with E-state index in [1.165, 1.54) is 0 Å². The molecule has 0 aromatic rings. The van der Waals surface area contributed by atoms with Crippen LogP contribution in [0, 0.1) is 0 Å². The third-order valence-corrected chi connectivity index (χ3v) is 1.60. The van der Waals surface area contributed by atoms with Crippen molar-refractivity contribution in [2.75, 3.05) is 13.2 Å². The number of hydrogen-bond donors (Lipinski definition) is 5. The molecule has 74 valence electrons. The quantitative estimate of drug-likeness (QED) is 0.318. The highest BCUT2D eigenvalue weighted by atomic mass is 31.2. The van der Waals surface area contributed by atoms with E-state index in [0.717, 1.165) is 0 Å². The van der Waals surface area contributed by atoms with Gasteiger partial charge in [0.2, 0.25) is 0 Å². The van der Waals surface area contributed by atoms with Crippen LogP contribution in [0.2, 0.25) is 0 Å². The normalized spacial score (nSPS) is 17.4. The Labute approximate surface area is 69.0 Å². The van der Waals surface area contributed by atoms with E-state index in [1.807, 2.05) is 0 Å². The van der Waals surface area contributed by atoms with Gasteiger partial charge in [-0.1, -0.05) is 0 Å². The second-order valence-corrected chi connectivity index (χ2v) is 3.44. The van der Waals surface area contributed by atoms with Crippen LogP contribution in [0.3, 0.4) is 0 Å². The summed E-state index contributed by atoms with van der Waals surface area (Å²) >= 11 is 0. The first-order valence-corrected chi connectivity index (χ1v) is 4.64. The molecule has 0 rings (SSSR count). The lowest BCUT2D eigenvalue weighted by Crippen LogP contribution is -2.40. The predicted octanol–water partition coefficient (Wildman–Crippen LogP) is -2.22. The lowest BCUT2D eigenvalue weighted by Gasteiger charge is -2.16. The Balaban J connectivity index is 3.71. The number of phosphoric ester groups is 1. The molecule has 1 unspecified atom stereocenters. The van der Waals surface area contributed by atoms with Gasteiger partial charge in [-0.15, -0.1) is 0 Å². The van der Waals surface area contributed by atoms with Crippen LogP contribution >= 0.6 is 7.82 Å². The first-order valence-electron chi connectivity index (χ1n) is 3.11. The van der Waals surface area contributed by atoms with Crippen LogP contribution < -0.4 is 5.73 Å². The molecule has 0 heterocycles. The van der Waals surface area contributed by atoms with E-state index in [4.69, 9.17) is 25.7 Å². The summed E-state index contributed by atoms with van der Waals surface area (Å²) in [5.74, 6) is 0. The summed E-state index contributed by atoms with van der Waals surface area (Å²) in [6.07, 6.45) is -1.24. The van der Waals surface area contributed by atoms with Gasteiger partial charge in [-0.05, 0) is 0 Å². The summed E-state index contributed by atoms with van der Waals surface area (Å²) in [6, 6.07) is -1.01. The van der Waals surface area contributed by atoms with Gasteiger partial charge in [0.05, 0.1) is 25.4 Å². The molecular weight excluding hydrogens is 189 g/mol. The zero-order valence-corrected chi connectivity index (χ0v) is 7.09. The molecule has 6 N–H and O–H groups in total.